The molecule has 4 nitrogen and oxygen atoms in total. The van der Waals surface area contributed by atoms with Gasteiger partial charge in [0.05, 0.1) is 18.8 Å². The van der Waals surface area contributed by atoms with Crippen molar-refractivity contribution in [3.63, 3.8) is 0 Å². The van der Waals surface area contributed by atoms with E-state index < -0.39 is 18.0 Å². The van der Waals surface area contributed by atoms with Crippen molar-refractivity contribution >= 4 is 11.4 Å². The summed E-state index contributed by atoms with van der Waals surface area (Å²) in [6.45, 7) is 3.92. The molecule has 2 heterocycles. The predicted octanol–water partition coefficient (Wildman–Crippen LogP) is 2.44. The number of fused-ring (bicyclic) bond motifs is 1. The number of rotatable bonds is 2. The van der Waals surface area contributed by atoms with Crippen LogP contribution >= 0.6 is 0 Å². The first kappa shape index (κ1) is 15.5. The summed E-state index contributed by atoms with van der Waals surface area (Å²) in [4.78, 5) is 17.1. The Hall–Kier alpha value is -1.89. The zero-order valence-electron chi connectivity index (χ0n) is 11.7. The molecule has 1 aromatic rings. The second-order valence-corrected chi connectivity index (χ2v) is 4.95. The van der Waals surface area contributed by atoms with E-state index in [0.717, 1.165) is 0 Å². The Morgan fingerprint density at radius 3 is 2.71 bits per heavy atom. The first-order chi connectivity index (χ1) is 9.74. The van der Waals surface area contributed by atoms with Crippen molar-refractivity contribution in [3.8, 4) is 5.88 Å². The maximum absolute atomic E-state index is 12.7. The van der Waals surface area contributed by atoms with Crippen LogP contribution in [-0.4, -0.2) is 42.0 Å². The zero-order chi connectivity index (χ0) is 15.8. The van der Waals surface area contributed by atoms with Crippen molar-refractivity contribution in [2.75, 3.05) is 14.2 Å². The molecule has 0 N–H and O–H groups in total. The highest BCUT2D eigenvalue weighted by molar-refractivity contribution is 5.91. The molecule has 0 aliphatic carbocycles. The lowest BCUT2D eigenvalue weighted by Crippen LogP contribution is -2.44. The van der Waals surface area contributed by atoms with E-state index in [-0.39, 0.29) is 13.0 Å². The first-order valence-corrected chi connectivity index (χ1v) is 6.27. The van der Waals surface area contributed by atoms with E-state index in [1.807, 2.05) is 0 Å². The highest BCUT2D eigenvalue weighted by atomic mass is 19.4. The number of carbonyl (C=O) groups excluding carboxylic acids is 1. The molecular weight excluding hydrogens is 285 g/mol. The fourth-order valence-electron chi connectivity index (χ4n) is 2.36. The van der Waals surface area contributed by atoms with Gasteiger partial charge in [0.25, 0.3) is 5.78 Å². The van der Waals surface area contributed by atoms with Crippen LogP contribution in [0.5, 0.6) is 5.88 Å². The fraction of sp³-hybridized carbons (Fsp3) is 0.429. The predicted molar refractivity (Wildman–Crippen MR) is 70.8 cm³/mol. The van der Waals surface area contributed by atoms with E-state index in [2.05, 4.69) is 11.6 Å². The van der Waals surface area contributed by atoms with Crippen LogP contribution in [0.4, 0.5) is 13.2 Å². The number of aromatic nitrogens is 1. The molecule has 1 aromatic heterocycles. The molecule has 0 fully saturated rings. The number of carbonyl (C=O) groups is 1. The molecule has 1 aliphatic heterocycles. The highest BCUT2D eigenvalue weighted by Gasteiger charge is 2.45. The standard InChI is InChI=1S/C14H15F3N2O2/c1-8-6-11(13(20)14(15,16)17)19(2)7-10-9(8)4-5-12(18-10)21-3/h4-5,11H,1,6-7H2,2-3H3. The first-order valence-electron chi connectivity index (χ1n) is 6.27. The molecule has 0 amide bonds. The summed E-state index contributed by atoms with van der Waals surface area (Å²) in [5.74, 6) is -1.39. The van der Waals surface area contributed by atoms with E-state index in [9.17, 15) is 18.0 Å². The summed E-state index contributed by atoms with van der Waals surface area (Å²) in [5, 5.41) is 0. The molecule has 114 valence electrons. The van der Waals surface area contributed by atoms with E-state index in [1.54, 1.807) is 12.1 Å². The van der Waals surface area contributed by atoms with E-state index in [1.165, 1.54) is 19.1 Å². The van der Waals surface area contributed by atoms with Crippen LogP contribution in [-0.2, 0) is 11.3 Å². The quantitative estimate of drug-likeness (QED) is 0.841. The third kappa shape index (κ3) is 3.07. The maximum Gasteiger partial charge on any atom is 0.451 e. The Bertz CT molecular complexity index is 584. The van der Waals surface area contributed by atoms with Gasteiger partial charge >= 0.3 is 6.18 Å². The van der Waals surface area contributed by atoms with Crippen LogP contribution < -0.4 is 4.74 Å². The molecule has 0 spiro atoms. The average molecular weight is 300 g/mol. The van der Waals surface area contributed by atoms with Gasteiger partial charge in [-0.15, -0.1) is 0 Å². The molecular formula is C14H15F3N2O2. The number of hydrogen-bond acceptors (Lipinski definition) is 4. The van der Waals surface area contributed by atoms with E-state index in [0.29, 0.717) is 22.7 Å². The van der Waals surface area contributed by atoms with Gasteiger partial charge in [-0.05, 0) is 25.1 Å². The largest absolute Gasteiger partial charge is 0.481 e. The molecule has 7 heteroatoms. The van der Waals surface area contributed by atoms with Crippen LogP contribution in [0.1, 0.15) is 17.7 Å². The van der Waals surface area contributed by atoms with Crippen molar-refractivity contribution in [1.29, 1.82) is 0 Å². The molecule has 1 atom stereocenters. The molecule has 2 rings (SSSR count). The average Bonchev–Trinajstić information content (AvgIpc) is 2.53. The van der Waals surface area contributed by atoms with Gasteiger partial charge < -0.3 is 4.74 Å². The van der Waals surface area contributed by atoms with Gasteiger partial charge in [-0.2, -0.15) is 13.2 Å². The van der Waals surface area contributed by atoms with E-state index >= 15 is 0 Å². The second kappa shape index (κ2) is 5.48. The van der Waals surface area contributed by atoms with Crippen molar-refractivity contribution in [1.82, 2.24) is 9.88 Å². The van der Waals surface area contributed by atoms with Gasteiger partial charge in [-0.1, -0.05) is 6.58 Å². The van der Waals surface area contributed by atoms with Crippen molar-refractivity contribution in [2.45, 2.75) is 25.2 Å². The van der Waals surface area contributed by atoms with Crippen LogP contribution in [0.25, 0.3) is 5.57 Å². The van der Waals surface area contributed by atoms with Crippen LogP contribution in [0.3, 0.4) is 0 Å². The Balaban J connectivity index is 2.37. The third-order valence-corrected chi connectivity index (χ3v) is 3.49. The highest BCUT2D eigenvalue weighted by Crippen LogP contribution is 2.32. The minimum absolute atomic E-state index is 0.0736. The summed E-state index contributed by atoms with van der Waals surface area (Å²) in [5.41, 5.74) is 1.69. The number of ether oxygens (including phenoxy) is 1. The maximum atomic E-state index is 12.7. The fourth-order valence-corrected chi connectivity index (χ4v) is 2.36. The third-order valence-electron chi connectivity index (χ3n) is 3.49. The molecule has 0 saturated carbocycles. The van der Waals surface area contributed by atoms with Crippen molar-refractivity contribution in [3.05, 3.63) is 30.0 Å². The number of halogens is 3. The molecule has 0 saturated heterocycles. The molecule has 0 radical (unpaired) electrons. The van der Waals surface area contributed by atoms with Crippen molar-refractivity contribution < 1.29 is 22.7 Å². The summed E-state index contributed by atoms with van der Waals surface area (Å²) < 4.78 is 43.0. The Kier molecular flexibility index (Phi) is 4.04. The molecule has 1 unspecified atom stereocenters. The lowest BCUT2D eigenvalue weighted by Gasteiger charge is -2.25. The number of methoxy groups -OCH3 is 1. The summed E-state index contributed by atoms with van der Waals surface area (Å²) in [7, 11) is 2.93. The lowest BCUT2D eigenvalue weighted by atomic mass is 9.98. The SMILES string of the molecule is C=C1CC(C(=O)C(F)(F)F)N(C)Cc2nc(OC)ccc21. The van der Waals surface area contributed by atoms with Crippen LogP contribution in [0, 0.1) is 0 Å². The second-order valence-electron chi connectivity index (χ2n) is 4.95. The summed E-state index contributed by atoms with van der Waals surface area (Å²) in [6.07, 6.45) is -4.93. The number of nitrogens with zero attached hydrogens (tertiary/aromatic N) is 2. The van der Waals surface area contributed by atoms with Crippen molar-refractivity contribution in [2.24, 2.45) is 0 Å². The van der Waals surface area contributed by atoms with Gasteiger partial charge in [0.1, 0.15) is 0 Å². The van der Waals surface area contributed by atoms with E-state index in [4.69, 9.17) is 4.74 Å². The van der Waals surface area contributed by atoms with Crippen LogP contribution in [0.2, 0.25) is 0 Å². The Morgan fingerprint density at radius 1 is 1.48 bits per heavy atom. The number of alkyl halides is 3. The molecule has 0 bridgehead atoms. The minimum Gasteiger partial charge on any atom is -0.481 e. The molecule has 1 aliphatic rings. The smallest absolute Gasteiger partial charge is 0.451 e. The summed E-state index contributed by atoms with van der Waals surface area (Å²) >= 11 is 0. The van der Waals surface area contributed by atoms with Gasteiger partial charge in [-0.25, -0.2) is 4.98 Å². The Labute approximate surface area is 120 Å². The normalized spacial score (nSPS) is 19.9. The molecule has 21 heavy (non-hydrogen) atoms. The van der Waals surface area contributed by atoms with Crippen LogP contribution in [0.15, 0.2) is 18.7 Å². The lowest BCUT2D eigenvalue weighted by molar-refractivity contribution is -0.176. The number of Topliss-reactive ketones (excluding diaryl/α,β-unsaturated/α-hetero) is 1. The number of hydrogen-bond donors (Lipinski definition) is 0. The van der Waals surface area contributed by atoms with Gasteiger partial charge in [0, 0.05) is 18.2 Å². The van der Waals surface area contributed by atoms with Gasteiger partial charge in [-0.3, -0.25) is 9.69 Å². The summed E-state index contributed by atoms with van der Waals surface area (Å²) in [6, 6.07) is 2.05. The molecule has 0 aromatic carbocycles. The number of ketones is 1. The number of likely N-dealkylation sites (N-methyl/N-ethyl adjacent to an activating group) is 1. The number of pyridine rings is 1. The topological polar surface area (TPSA) is 42.4 Å². The Morgan fingerprint density at radius 2 is 2.14 bits per heavy atom. The van der Waals surface area contributed by atoms with Gasteiger partial charge in [0.2, 0.25) is 5.88 Å². The monoisotopic (exact) mass is 300 g/mol. The minimum atomic E-state index is -4.86. The van der Waals surface area contributed by atoms with Gasteiger partial charge in [0.15, 0.2) is 0 Å². The zero-order valence-corrected chi connectivity index (χ0v) is 11.7.